The number of unbranched alkanes of at least 4 members (excludes halogenated alkanes) is 2. The van der Waals surface area contributed by atoms with E-state index in [9.17, 15) is 0 Å². The zero-order valence-electron chi connectivity index (χ0n) is 38.1. The van der Waals surface area contributed by atoms with Crippen LogP contribution in [0.25, 0.3) is 65.3 Å². The van der Waals surface area contributed by atoms with E-state index in [0.29, 0.717) is 0 Å². The van der Waals surface area contributed by atoms with E-state index in [1.165, 1.54) is 110 Å². The molecule has 0 heterocycles. The van der Waals surface area contributed by atoms with Gasteiger partial charge in [0, 0.05) is 0 Å². The molecule has 2 heteroatoms. The molecule has 0 fully saturated rings. The molecular weight excluding hydrogens is 864 g/mol. The quantitative estimate of drug-likeness (QED) is 0.0728. The number of hydrogen-bond donors (Lipinski definition) is 0. The number of fused-ring (bicyclic) bond motifs is 4. The molecule has 0 nitrogen and oxygen atoms in total. The van der Waals surface area contributed by atoms with Gasteiger partial charge in [-0.05, 0) is 44.8 Å². The maximum Gasteiger partial charge on any atom is 4.00 e. The monoisotopic (exact) mass is 922 g/mol. The van der Waals surface area contributed by atoms with E-state index < -0.39 is 8.07 Å². The molecule has 10 rings (SSSR count). The summed E-state index contributed by atoms with van der Waals surface area (Å²) in [7, 11) is -3.09. The Morgan fingerprint density at radius 3 is 1.12 bits per heavy atom. The second kappa shape index (κ2) is 21.5. The molecule has 10 aromatic carbocycles. The van der Waals surface area contributed by atoms with Gasteiger partial charge in [0.25, 0.3) is 0 Å². The standard InChI is InChI=1S/C54H42Si.2C4H9.Zr/c1-3-37-35-41-23-17-33-49(53(41)51(37)47-31-15-21-39-19-11-13-29-45(39)47)55(43-25-7-5-8-26-43,44-27-9-6-10-28-44)50-34-18-24-42-36-38(4-2)52(54(42)50)48-32-16-22-40-20-12-14-30-46(40)48;2*1-3-4-2;/h5-36H,3-4H2,1-2H3;2*1,3-4H2,2H3;/q-2;2*-1;+4. The smallest absolute Gasteiger partial charge is 0.343 e. The average molecular weight is 924 g/mol. The van der Waals surface area contributed by atoms with Crippen molar-refractivity contribution in [2.45, 2.75) is 66.2 Å². The van der Waals surface area contributed by atoms with Crippen molar-refractivity contribution < 1.29 is 26.2 Å². The Balaban J connectivity index is 0.000000631. The van der Waals surface area contributed by atoms with Crippen molar-refractivity contribution in [2.75, 3.05) is 0 Å². The first kappa shape index (κ1) is 46.6. The van der Waals surface area contributed by atoms with Crippen molar-refractivity contribution in [3.8, 4) is 22.3 Å². The molecule has 10 aromatic rings. The summed E-state index contributed by atoms with van der Waals surface area (Å²) in [5.41, 5.74) is 8.20. The summed E-state index contributed by atoms with van der Waals surface area (Å²) >= 11 is 0. The molecule has 0 amide bonds. The second-order valence-electron chi connectivity index (χ2n) is 16.6. The van der Waals surface area contributed by atoms with Crippen LogP contribution in [0.3, 0.4) is 0 Å². The van der Waals surface area contributed by atoms with Crippen LogP contribution in [0.4, 0.5) is 0 Å². The van der Waals surface area contributed by atoms with Gasteiger partial charge in [0.1, 0.15) is 0 Å². The van der Waals surface area contributed by atoms with E-state index in [0.717, 1.165) is 25.7 Å². The van der Waals surface area contributed by atoms with Gasteiger partial charge in [-0.1, -0.05) is 220 Å². The molecule has 0 spiro atoms. The van der Waals surface area contributed by atoms with Crippen LogP contribution >= 0.6 is 0 Å². The van der Waals surface area contributed by atoms with Crippen LogP contribution in [-0.4, -0.2) is 8.07 Å². The third-order valence-electron chi connectivity index (χ3n) is 12.8. The summed E-state index contributed by atoms with van der Waals surface area (Å²) in [5, 5.41) is 16.3. The molecule has 0 unspecified atom stereocenters. The summed E-state index contributed by atoms with van der Waals surface area (Å²) < 4.78 is 0. The molecule has 0 N–H and O–H groups in total. The van der Waals surface area contributed by atoms with Gasteiger partial charge in [0.2, 0.25) is 0 Å². The van der Waals surface area contributed by atoms with Gasteiger partial charge < -0.3 is 13.8 Å². The summed E-state index contributed by atoms with van der Waals surface area (Å²) in [6, 6.07) is 73.8. The molecule has 0 aromatic heterocycles. The van der Waals surface area contributed by atoms with E-state index in [1.54, 1.807) is 0 Å². The van der Waals surface area contributed by atoms with Crippen molar-refractivity contribution in [1.82, 2.24) is 0 Å². The van der Waals surface area contributed by atoms with Crippen molar-refractivity contribution in [3.63, 3.8) is 0 Å². The summed E-state index contributed by atoms with van der Waals surface area (Å²) in [6.45, 7) is 16.1. The normalized spacial score (nSPS) is 11.2. The van der Waals surface area contributed by atoms with Crippen molar-refractivity contribution in [1.29, 1.82) is 0 Å². The molecule has 0 saturated carbocycles. The van der Waals surface area contributed by atoms with Crippen molar-refractivity contribution in [3.05, 3.63) is 219 Å². The predicted octanol–water partition coefficient (Wildman–Crippen LogP) is 14.8. The Morgan fingerprint density at radius 2 is 0.750 bits per heavy atom. The fraction of sp³-hybridized carbons (Fsp3) is 0.161. The molecule has 316 valence electrons. The van der Waals surface area contributed by atoms with Gasteiger partial charge in [-0.15, -0.1) is 80.2 Å². The van der Waals surface area contributed by atoms with E-state index in [4.69, 9.17) is 0 Å². The zero-order chi connectivity index (χ0) is 43.8. The Kier molecular flexibility index (Phi) is 15.7. The maximum absolute atomic E-state index is 3.60. The van der Waals surface area contributed by atoms with E-state index in [2.05, 4.69) is 236 Å². The third-order valence-corrected chi connectivity index (χ3v) is 17.7. The van der Waals surface area contributed by atoms with Crippen LogP contribution in [0.1, 0.15) is 64.5 Å². The third kappa shape index (κ3) is 8.60. The van der Waals surface area contributed by atoms with Gasteiger partial charge in [-0.25, -0.2) is 0 Å². The average Bonchev–Trinajstić information content (AvgIpc) is 3.94. The first-order chi connectivity index (χ1) is 31.0. The Hall–Kier alpha value is -5.40. The second-order valence-corrected chi connectivity index (χ2v) is 20.3. The van der Waals surface area contributed by atoms with E-state index in [1.807, 2.05) is 0 Å². The van der Waals surface area contributed by atoms with Crippen molar-refractivity contribution >= 4 is 71.9 Å². The molecule has 0 aliphatic rings. The molecule has 0 aliphatic heterocycles. The maximum atomic E-state index is 3.60. The Morgan fingerprint density at radius 1 is 0.406 bits per heavy atom. The van der Waals surface area contributed by atoms with Gasteiger partial charge in [0.05, 0.1) is 0 Å². The fourth-order valence-corrected chi connectivity index (χ4v) is 15.0. The molecule has 0 atom stereocenters. The van der Waals surface area contributed by atoms with Crippen LogP contribution in [0, 0.1) is 13.8 Å². The summed E-state index contributed by atoms with van der Waals surface area (Å²) in [4.78, 5) is 0. The SMILES string of the molecule is CCc1[cH-]c2cccc([Si](c3ccccc3)(c3ccccc3)c3cccc4[cH-]c(CC)c(-c5cccc6ccccc56)c34)c2c1-c1cccc2ccccc12.[CH2-]CCC.[CH2-]CCC.[Zr+4]. The topological polar surface area (TPSA) is 0 Å². The molecular formula is C62H60SiZr. The van der Waals surface area contributed by atoms with Gasteiger partial charge in [-0.2, -0.15) is 12.8 Å². The first-order valence-corrected chi connectivity index (χ1v) is 25.1. The largest absolute Gasteiger partial charge is 4.00 e. The van der Waals surface area contributed by atoms with E-state index >= 15 is 0 Å². The fourth-order valence-electron chi connectivity index (χ4n) is 9.77. The molecule has 0 aliphatic carbocycles. The molecule has 0 bridgehead atoms. The number of aryl methyl sites for hydroxylation is 2. The zero-order valence-corrected chi connectivity index (χ0v) is 41.6. The van der Waals surface area contributed by atoms with Gasteiger partial charge in [0.15, 0.2) is 8.07 Å². The minimum atomic E-state index is -3.09. The number of rotatable bonds is 10. The molecule has 0 radical (unpaired) electrons. The Labute approximate surface area is 402 Å². The summed E-state index contributed by atoms with van der Waals surface area (Å²) in [5.74, 6) is 0. The minimum Gasteiger partial charge on any atom is -0.343 e. The van der Waals surface area contributed by atoms with Crippen LogP contribution in [-0.2, 0) is 39.0 Å². The predicted molar refractivity (Wildman–Crippen MR) is 281 cm³/mol. The number of hydrogen-bond acceptors (Lipinski definition) is 0. The van der Waals surface area contributed by atoms with Crippen LogP contribution in [0.15, 0.2) is 194 Å². The first-order valence-electron chi connectivity index (χ1n) is 23.1. The van der Waals surface area contributed by atoms with Crippen molar-refractivity contribution in [2.24, 2.45) is 0 Å². The van der Waals surface area contributed by atoms with Crippen LogP contribution in [0.5, 0.6) is 0 Å². The molecule has 0 saturated heterocycles. The summed E-state index contributed by atoms with van der Waals surface area (Å²) in [6.07, 6.45) is 6.48. The Bertz CT molecular complexity index is 2850. The van der Waals surface area contributed by atoms with Crippen LogP contribution < -0.4 is 20.7 Å². The van der Waals surface area contributed by atoms with Gasteiger partial charge in [-0.3, -0.25) is 0 Å². The minimum absolute atomic E-state index is 0. The molecule has 64 heavy (non-hydrogen) atoms. The van der Waals surface area contributed by atoms with E-state index in [-0.39, 0.29) is 26.2 Å². The van der Waals surface area contributed by atoms with Gasteiger partial charge >= 0.3 is 26.2 Å². The number of benzene rings is 8. The van der Waals surface area contributed by atoms with Crippen LogP contribution in [0.2, 0.25) is 0 Å².